The van der Waals surface area contributed by atoms with Gasteiger partial charge in [0.2, 0.25) is 0 Å². The van der Waals surface area contributed by atoms with Crippen LogP contribution in [0.4, 0.5) is 5.82 Å². The summed E-state index contributed by atoms with van der Waals surface area (Å²) in [4.78, 5) is 14.5. The summed E-state index contributed by atoms with van der Waals surface area (Å²) < 4.78 is 0. The molecule has 0 amide bonds. The van der Waals surface area contributed by atoms with E-state index in [1.54, 1.807) is 6.20 Å². The van der Waals surface area contributed by atoms with E-state index in [1.807, 2.05) is 6.07 Å². The zero-order valence-corrected chi connectivity index (χ0v) is 8.63. The first-order valence-corrected chi connectivity index (χ1v) is 5.03. The molecule has 84 valence electrons. The van der Waals surface area contributed by atoms with Gasteiger partial charge < -0.3 is 5.11 Å². The SMILES string of the molecule is O=C(O)C=Cc1cnc2c(c1)CCCN2O. The maximum absolute atomic E-state index is 10.4. The van der Waals surface area contributed by atoms with Crippen LogP contribution in [0, 0.1) is 0 Å². The Morgan fingerprint density at radius 3 is 3.12 bits per heavy atom. The molecule has 1 aromatic heterocycles. The second-order valence-corrected chi connectivity index (χ2v) is 3.65. The number of pyridine rings is 1. The van der Waals surface area contributed by atoms with Gasteiger partial charge in [-0.3, -0.25) is 5.21 Å². The molecule has 2 heterocycles. The number of carboxylic acids is 1. The highest BCUT2D eigenvalue weighted by molar-refractivity contribution is 5.85. The lowest BCUT2D eigenvalue weighted by Crippen LogP contribution is -2.26. The minimum Gasteiger partial charge on any atom is -0.478 e. The molecule has 0 spiro atoms. The Balaban J connectivity index is 2.28. The maximum atomic E-state index is 10.4. The minimum atomic E-state index is -0.985. The third-order valence-corrected chi connectivity index (χ3v) is 2.44. The van der Waals surface area contributed by atoms with E-state index in [0.717, 1.165) is 35.1 Å². The maximum Gasteiger partial charge on any atom is 0.328 e. The molecule has 0 aliphatic carbocycles. The predicted molar refractivity (Wildman–Crippen MR) is 58.4 cm³/mol. The number of aliphatic carboxylic acids is 1. The molecule has 5 nitrogen and oxygen atoms in total. The fourth-order valence-corrected chi connectivity index (χ4v) is 1.72. The van der Waals surface area contributed by atoms with Crippen molar-refractivity contribution in [1.29, 1.82) is 0 Å². The van der Waals surface area contributed by atoms with Crippen molar-refractivity contribution in [3.63, 3.8) is 0 Å². The zero-order chi connectivity index (χ0) is 11.5. The van der Waals surface area contributed by atoms with Crippen LogP contribution in [0.3, 0.4) is 0 Å². The summed E-state index contributed by atoms with van der Waals surface area (Å²) in [5, 5.41) is 19.2. The predicted octanol–water partition coefficient (Wildman–Crippen LogP) is 1.32. The highest BCUT2D eigenvalue weighted by atomic mass is 16.5. The zero-order valence-electron chi connectivity index (χ0n) is 8.63. The fraction of sp³-hybridized carbons (Fsp3) is 0.273. The Labute approximate surface area is 92.6 Å². The molecule has 0 saturated carbocycles. The van der Waals surface area contributed by atoms with Crippen molar-refractivity contribution in [1.82, 2.24) is 4.98 Å². The minimum absolute atomic E-state index is 0.568. The van der Waals surface area contributed by atoms with Gasteiger partial charge in [-0.1, -0.05) is 0 Å². The van der Waals surface area contributed by atoms with Gasteiger partial charge in [0.25, 0.3) is 0 Å². The lowest BCUT2D eigenvalue weighted by atomic mass is 10.0. The monoisotopic (exact) mass is 220 g/mol. The van der Waals surface area contributed by atoms with Crippen molar-refractivity contribution in [3.05, 3.63) is 29.5 Å². The molecule has 0 atom stereocenters. The van der Waals surface area contributed by atoms with Crippen LogP contribution < -0.4 is 5.06 Å². The van der Waals surface area contributed by atoms with Crippen LogP contribution in [0.1, 0.15) is 17.5 Å². The van der Waals surface area contributed by atoms with E-state index >= 15 is 0 Å². The van der Waals surface area contributed by atoms with E-state index < -0.39 is 5.97 Å². The Kier molecular flexibility index (Phi) is 2.87. The van der Waals surface area contributed by atoms with E-state index in [4.69, 9.17) is 5.11 Å². The quantitative estimate of drug-likeness (QED) is 0.735. The van der Waals surface area contributed by atoms with E-state index in [1.165, 1.54) is 6.08 Å². The van der Waals surface area contributed by atoms with Gasteiger partial charge >= 0.3 is 5.97 Å². The van der Waals surface area contributed by atoms with Crippen LogP contribution >= 0.6 is 0 Å². The average molecular weight is 220 g/mol. The number of aromatic nitrogens is 1. The summed E-state index contributed by atoms with van der Waals surface area (Å²) in [6.07, 6.45) is 5.84. The van der Waals surface area contributed by atoms with E-state index in [-0.39, 0.29) is 0 Å². The number of hydroxylamine groups is 1. The Morgan fingerprint density at radius 1 is 1.56 bits per heavy atom. The van der Waals surface area contributed by atoms with Crippen LogP contribution in [0.2, 0.25) is 0 Å². The molecule has 0 fully saturated rings. The molecule has 0 bridgehead atoms. The number of hydrogen-bond acceptors (Lipinski definition) is 4. The molecular formula is C11H12N2O3. The molecule has 2 rings (SSSR count). The standard InChI is InChI=1S/C11H12N2O3/c14-10(15)4-3-8-6-9-2-1-5-13(16)11(9)12-7-8/h3-4,6-7,16H,1-2,5H2,(H,14,15). The molecule has 0 saturated heterocycles. The molecule has 1 aliphatic heterocycles. The van der Waals surface area contributed by atoms with Gasteiger partial charge in [0.05, 0.1) is 0 Å². The molecule has 0 unspecified atom stereocenters. The molecule has 2 N–H and O–H groups in total. The molecule has 16 heavy (non-hydrogen) atoms. The topological polar surface area (TPSA) is 73.7 Å². The highest BCUT2D eigenvalue weighted by Gasteiger charge is 2.16. The lowest BCUT2D eigenvalue weighted by molar-refractivity contribution is -0.131. The Bertz CT molecular complexity index is 443. The average Bonchev–Trinajstić information content (AvgIpc) is 2.26. The van der Waals surface area contributed by atoms with Gasteiger partial charge in [-0.05, 0) is 36.1 Å². The third kappa shape index (κ3) is 2.20. The summed E-state index contributed by atoms with van der Waals surface area (Å²) in [5.41, 5.74) is 1.68. The number of anilines is 1. The van der Waals surface area contributed by atoms with Crippen molar-refractivity contribution in [2.45, 2.75) is 12.8 Å². The highest BCUT2D eigenvalue weighted by Crippen LogP contribution is 2.24. The van der Waals surface area contributed by atoms with Crippen LogP contribution in [0.25, 0.3) is 6.08 Å². The van der Waals surface area contributed by atoms with Gasteiger partial charge in [0.1, 0.15) is 0 Å². The van der Waals surface area contributed by atoms with E-state index in [2.05, 4.69) is 4.98 Å². The van der Waals surface area contributed by atoms with E-state index in [0.29, 0.717) is 12.4 Å². The van der Waals surface area contributed by atoms with Crippen molar-refractivity contribution >= 4 is 17.9 Å². The molecule has 5 heteroatoms. The molecule has 1 aromatic rings. The number of hydrogen-bond donors (Lipinski definition) is 2. The molecule has 1 aliphatic rings. The van der Waals surface area contributed by atoms with Crippen LogP contribution in [0.5, 0.6) is 0 Å². The molecular weight excluding hydrogens is 208 g/mol. The van der Waals surface area contributed by atoms with Crippen molar-refractivity contribution in [2.75, 3.05) is 11.6 Å². The number of aryl methyl sites for hydroxylation is 1. The fourth-order valence-electron chi connectivity index (χ4n) is 1.72. The molecule has 0 aromatic carbocycles. The van der Waals surface area contributed by atoms with Crippen LogP contribution in [0.15, 0.2) is 18.3 Å². The number of carboxylic acid groups (broad SMARTS) is 1. The van der Waals surface area contributed by atoms with Crippen molar-refractivity contribution < 1.29 is 15.1 Å². The number of rotatable bonds is 2. The smallest absolute Gasteiger partial charge is 0.328 e. The normalized spacial score (nSPS) is 15.2. The number of nitrogens with zero attached hydrogens (tertiary/aromatic N) is 2. The third-order valence-electron chi connectivity index (χ3n) is 2.44. The number of fused-ring (bicyclic) bond motifs is 1. The van der Waals surface area contributed by atoms with Crippen molar-refractivity contribution in [2.24, 2.45) is 0 Å². The summed E-state index contributed by atoms with van der Waals surface area (Å²) in [6.45, 7) is 0.588. The van der Waals surface area contributed by atoms with Gasteiger partial charge in [-0.25, -0.2) is 14.8 Å². The van der Waals surface area contributed by atoms with Crippen molar-refractivity contribution in [3.8, 4) is 0 Å². The molecule has 0 radical (unpaired) electrons. The number of carbonyl (C=O) groups is 1. The second-order valence-electron chi connectivity index (χ2n) is 3.65. The summed E-state index contributed by atoms with van der Waals surface area (Å²) in [5.74, 6) is -0.416. The largest absolute Gasteiger partial charge is 0.478 e. The van der Waals surface area contributed by atoms with Crippen LogP contribution in [-0.4, -0.2) is 27.8 Å². The first kappa shape index (κ1) is 10.6. The van der Waals surface area contributed by atoms with Crippen LogP contribution in [-0.2, 0) is 11.2 Å². The second kappa shape index (κ2) is 4.32. The lowest BCUT2D eigenvalue weighted by Gasteiger charge is -2.23. The van der Waals surface area contributed by atoms with Gasteiger partial charge in [0, 0.05) is 18.8 Å². The first-order chi connectivity index (χ1) is 7.66. The Morgan fingerprint density at radius 2 is 2.38 bits per heavy atom. The van der Waals surface area contributed by atoms with Gasteiger partial charge in [0.15, 0.2) is 5.82 Å². The first-order valence-electron chi connectivity index (χ1n) is 5.03. The van der Waals surface area contributed by atoms with E-state index in [9.17, 15) is 10.0 Å². The summed E-state index contributed by atoms with van der Waals surface area (Å²) in [7, 11) is 0. The van der Waals surface area contributed by atoms with Gasteiger partial charge in [-0.2, -0.15) is 0 Å². The van der Waals surface area contributed by atoms with Gasteiger partial charge in [-0.15, -0.1) is 0 Å². The summed E-state index contributed by atoms with van der Waals surface area (Å²) >= 11 is 0. The Hall–Kier alpha value is -1.88. The summed E-state index contributed by atoms with van der Waals surface area (Å²) in [6, 6.07) is 1.85.